The molecule has 0 saturated carbocycles. The van der Waals surface area contributed by atoms with Gasteiger partial charge in [0.15, 0.2) is 11.6 Å². The molecule has 4 nitrogen and oxygen atoms in total. The van der Waals surface area contributed by atoms with Crippen LogP contribution in [0.25, 0.3) is 83.9 Å². The molecule has 2 aromatic heterocycles. The van der Waals surface area contributed by atoms with Crippen molar-refractivity contribution in [2.24, 2.45) is 0 Å². The zero-order valence-electron chi connectivity index (χ0n) is 30.3. The molecule has 2 aliphatic rings. The largest absolute Gasteiger partial charge is 0.277 e. The number of fused-ring (bicyclic) bond motifs is 14. The number of benzene rings is 8. The summed E-state index contributed by atoms with van der Waals surface area (Å²) in [6.07, 6.45) is 0. The van der Waals surface area contributed by atoms with E-state index in [9.17, 15) is 0 Å². The average Bonchev–Trinajstić information content (AvgIpc) is 3.89. The van der Waals surface area contributed by atoms with E-state index in [1.165, 1.54) is 55.5 Å². The molecule has 8 aromatic carbocycles. The predicted octanol–water partition coefficient (Wildman–Crippen LogP) is 12.3. The number of rotatable bonds is 4. The number of hydrogen-bond acceptors (Lipinski definition) is 3. The Morgan fingerprint density at radius 1 is 0.339 bits per heavy atom. The Bertz CT molecular complexity index is 3130. The number of para-hydroxylation sites is 1. The molecule has 0 radical (unpaired) electrons. The molecule has 56 heavy (non-hydrogen) atoms. The normalized spacial score (nSPS) is 13.1. The first-order valence-corrected chi connectivity index (χ1v) is 19.1. The minimum absolute atomic E-state index is 0.464. The summed E-state index contributed by atoms with van der Waals surface area (Å²) in [6.45, 7) is 0. The average molecular weight is 713 g/mol. The van der Waals surface area contributed by atoms with Crippen molar-refractivity contribution in [1.29, 1.82) is 0 Å². The van der Waals surface area contributed by atoms with Gasteiger partial charge in [-0.1, -0.05) is 188 Å². The summed E-state index contributed by atoms with van der Waals surface area (Å²) in [5.41, 5.74) is 16.1. The molecule has 0 saturated heterocycles. The van der Waals surface area contributed by atoms with Crippen molar-refractivity contribution in [1.82, 2.24) is 19.5 Å². The molecule has 0 fully saturated rings. The molecule has 2 heterocycles. The van der Waals surface area contributed by atoms with Crippen LogP contribution in [0.3, 0.4) is 0 Å². The van der Waals surface area contributed by atoms with Gasteiger partial charge in [-0.15, -0.1) is 0 Å². The summed E-state index contributed by atoms with van der Waals surface area (Å²) in [6, 6.07) is 69.5. The van der Waals surface area contributed by atoms with Gasteiger partial charge >= 0.3 is 0 Å². The highest BCUT2D eigenvalue weighted by Crippen LogP contribution is 2.64. The highest BCUT2D eigenvalue weighted by molar-refractivity contribution is 6.16. The molecule has 1 spiro atoms. The summed E-state index contributed by atoms with van der Waals surface area (Å²) in [4.78, 5) is 15.8. The number of nitrogens with zero attached hydrogens (tertiary/aromatic N) is 4. The van der Waals surface area contributed by atoms with Crippen molar-refractivity contribution < 1.29 is 0 Å². The third-order valence-electron chi connectivity index (χ3n) is 11.9. The lowest BCUT2D eigenvalue weighted by Gasteiger charge is -2.30. The molecule has 0 bridgehead atoms. The highest BCUT2D eigenvalue weighted by atomic mass is 15.2. The van der Waals surface area contributed by atoms with Crippen LogP contribution in [0, 0.1) is 0 Å². The highest BCUT2D eigenvalue weighted by Gasteiger charge is 2.52. The maximum atomic E-state index is 5.36. The van der Waals surface area contributed by atoms with Gasteiger partial charge in [0.1, 0.15) is 0 Å². The van der Waals surface area contributed by atoms with E-state index in [4.69, 9.17) is 15.0 Å². The van der Waals surface area contributed by atoms with E-state index in [-0.39, 0.29) is 0 Å². The minimum Gasteiger partial charge on any atom is -0.277 e. The maximum absolute atomic E-state index is 5.36. The zero-order chi connectivity index (χ0) is 36.8. The monoisotopic (exact) mass is 712 g/mol. The Balaban J connectivity index is 1.17. The quantitative estimate of drug-likeness (QED) is 0.182. The molecule has 0 N–H and O–H groups in total. The van der Waals surface area contributed by atoms with Crippen LogP contribution < -0.4 is 0 Å². The molecule has 0 amide bonds. The second-order valence-electron chi connectivity index (χ2n) is 14.7. The minimum atomic E-state index is -0.464. The van der Waals surface area contributed by atoms with Gasteiger partial charge in [0.25, 0.3) is 0 Å². The molecule has 10 aromatic rings. The Kier molecular flexibility index (Phi) is 6.52. The van der Waals surface area contributed by atoms with E-state index in [0.29, 0.717) is 17.6 Å². The van der Waals surface area contributed by atoms with Crippen LogP contribution in [0.5, 0.6) is 0 Å². The van der Waals surface area contributed by atoms with Crippen molar-refractivity contribution in [3.63, 3.8) is 0 Å². The second-order valence-corrected chi connectivity index (χ2v) is 14.7. The fourth-order valence-electron chi connectivity index (χ4n) is 9.59. The summed E-state index contributed by atoms with van der Waals surface area (Å²) < 4.78 is 2.29. The van der Waals surface area contributed by atoms with Gasteiger partial charge in [0.05, 0.1) is 16.4 Å². The summed E-state index contributed by atoms with van der Waals surface area (Å²) >= 11 is 0. The lowest BCUT2D eigenvalue weighted by Crippen LogP contribution is -2.25. The summed E-state index contributed by atoms with van der Waals surface area (Å²) in [5, 5.41) is 2.33. The number of aromatic nitrogens is 4. The van der Waals surface area contributed by atoms with Gasteiger partial charge in [-0.25, -0.2) is 4.98 Å². The van der Waals surface area contributed by atoms with Gasteiger partial charge < -0.3 is 0 Å². The fraction of sp³-hybridized carbons (Fsp3) is 0.0192. The standard InChI is InChI=1S/C52H32N4/c1-3-15-33(16-4-1)34-27-29-36(30-28-34)50-53-49(35-17-5-2-6-18-35)54-51(55-50)56-46-26-14-10-21-39(46)40-31-32-45-47(48(40)56)41-22-9-13-25-44(41)52(45)42-23-11-7-19-37(42)38-20-8-12-24-43(38)52/h1-32H. The smallest absolute Gasteiger partial charge is 0.238 e. The van der Waals surface area contributed by atoms with Gasteiger partial charge in [-0.2, -0.15) is 9.97 Å². The van der Waals surface area contributed by atoms with Crippen LogP contribution in [-0.2, 0) is 5.41 Å². The van der Waals surface area contributed by atoms with Crippen molar-refractivity contribution in [3.05, 3.63) is 216 Å². The van der Waals surface area contributed by atoms with E-state index in [1.54, 1.807) is 0 Å². The van der Waals surface area contributed by atoms with Gasteiger partial charge in [-0.3, -0.25) is 4.57 Å². The van der Waals surface area contributed by atoms with E-state index >= 15 is 0 Å². The third-order valence-corrected chi connectivity index (χ3v) is 11.9. The van der Waals surface area contributed by atoms with Crippen LogP contribution in [0.2, 0.25) is 0 Å². The third kappa shape index (κ3) is 4.21. The number of hydrogen-bond donors (Lipinski definition) is 0. The molecule has 260 valence electrons. The zero-order valence-corrected chi connectivity index (χ0v) is 30.3. The lowest BCUT2D eigenvalue weighted by molar-refractivity contribution is 0.794. The summed E-state index contributed by atoms with van der Waals surface area (Å²) in [7, 11) is 0. The van der Waals surface area contributed by atoms with Crippen molar-refractivity contribution in [2.45, 2.75) is 5.41 Å². The lowest BCUT2D eigenvalue weighted by atomic mass is 9.70. The van der Waals surface area contributed by atoms with Gasteiger partial charge in [0.2, 0.25) is 5.95 Å². The van der Waals surface area contributed by atoms with Crippen LogP contribution in [0.15, 0.2) is 194 Å². The molecule has 2 aliphatic carbocycles. The van der Waals surface area contributed by atoms with Crippen molar-refractivity contribution in [3.8, 4) is 62.1 Å². The molecular formula is C52H32N4. The van der Waals surface area contributed by atoms with Gasteiger partial charge in [-0.05, 0) is 56.1 Å². The molecule has 0 aliphatic heterocycles. The van der Waals surface area contributed by atoms with Crippen LogP contribution in [-0.4, -0.2) is 19.5 Å². The van der Waals surface area contributed by atoms with E-state index in [2.05, 4.69) is 174 Å². The molecular weight excluding hydrogens is 681 g/mol. The molecule has 12 rings (SSSR count). The first kappa shape index (κ1) is 31.0. The maximum Gasteiger partial charge on any atom is 0.238 e. The van der Waals surface area contributed by atoms with E-state index in [0.717, 1.165) is 33.1 Å². The van der Waals surface area contributed by atoms with Crippen LogP contribution in [0.1, 0.15) is 22.3 Å². The first-order valence-electron chi connectivity index (χ1n) is 19.1. The van der Waals surface area contributed by atoms with Crippen LogP contribution in [0.4, 0.5) is 0 Å². The summed E-state index contributed by atoms with van der Waals surface area (Å²) in [5.74, 6) is 1.85. The first-order chi connectivity index (χ1) is 27.8. The van der Waals surface area contributed by atoms with E-state index in [1.807, 2.05) is 24.3 Å². The Morgan fingerprint density at radius 3 is 1.48 bits per heavy atom. The van der Waals surface area contributed by atoms with Crippen molar-refractivity contribution >= 4 is 21.8 Å². The molecule has 0 atom stereocenters. The molecule has 0 unspecified atom stereocenters. The van der Waals surface area contributed by atoms with Crippen molar-refractivity contribution in [2.75, 3.05) is 0 Å². The van der Waals surface area contributed by atoms with Gasteiger partial charge in [0, 0.05) is 27.5 Å². The topological polar surface area (TPSA) is 43.6 Å². The van der Waals surface area contributed by atoms with Crippen LogP contribution >= 0.6 is 0 Å². The molecule has 4 heteroatoms. The Morgan fingerprint density at radius 2 is 0.821 bits per heavy atom. The Hall–Kier alpha value is -7.43. The second kappa shape index (κ2) is 11.8. The predicted molar refractivity (Wildman–Crippen MR) is 227 cm³/mol. The fourth-order valence-corrected chi connectivity index (χ4v) is 9.59. The Labute approximate surface area is 324 Å². The van der Waals surface area contributed by atoms with E-state index < -0.39 is 5.41 Å². The SMILES string of the molecule is c1ccc(-c2ccc(-c3nc(-c4ccccc4)nc(-n4c5ccccc5c5ccc6c(c54)-c4ccccc4C64c5ccccc5-c5ccccc54)n3)cc2)cc1.